The topological polar surface area (TPSA) is 79.3 Å². The maximum atomic E-state index is 12.2. The Morgan fingerprint density at radius 1 is 1.00 bits per heavy atom. The zero-order valence-corrected chi connectivity index (χ0v) is 12.8. The molecule has 0 saturated carbocycles. The number of carboxylic acids is 1. The molecule has 0 aliphatic carbocycles. The zero-order valence-electron chi connectivity index (χ0n) is 12.8. The zero-order chi connectivity index (χ0) is 16.9. The molecule has 1 heterocycles. The van der Waals surface area contributed by atoms with Crippen LogP contribution in [0.3, 0.4) is 0 Å². The Balaban J connectivity index is 1.84. The average Bonchev–Trinajstić information content (AvgIpc) is 2.62. The van der Waals surface area contributed by atoms with Gasteiger partial charge in [0.15, 0.2) is 0 Å². The molecule has 0 saturated heterocycles. The van der Waals surface area contributed by atoms with Crippen LogP contribution in [0.15, 0.2) is 67.0 Å². The van der Waals surface area contributed by atoms with Crippen LogP contribution in [-0.2, 0) is 11.2 Å². The highest BCUT2D eigenvalue weighted by Gasteiger charge is 2.21. The Hall–Kier alpha value is -3.21. The molecule has 3 aromatic rings. The maximum absolute atomic E-state index is 12.2. The number of rotatable bonds is 5. The van der Waals surface area contributed by atoms with Gasteiger partial charge in [-0.05, 0) is 28.5 Å². The van der Waals surface area contributed by atoms with E-state index in [2.05, 4.69) is 10.3 Å². The van der Waals surface area contributed by atoms with Gasteiger partial charge in [0, 0.05) is 24.4 Å². The number of aliphatic carboxylic acids is 1. The first-order valence-electron chi connectivity index (χ1n) is 7.55. The molecule has 0 radical (unpaired) electrons. The molecule has 0 fully saturated rings. The number of pyridine rings is 1. The Kier molecular flexibility index (Phi) is 4.52. The summed E-state index contributed by atoms with van der Waals surface area (Å²) in [5.74, 6) is -1.49. The fraction of sp³-hybridized carbons (Fsp3) is 0.105. The van der Waals surface area contributed by atoms with Crippen molar-refractivity contribution in [2.24, 2.45) is 0 Å². The highest BCUT2D eigenvalue weighted by atomic mass is 16.4. The third-order valence-corrected chi connectivity index (χ3v) is 3.85. The summed E-state index contributed by atoms with van der Waals surface area (Å²) in [5, 5.41) is 14.1. The summed E-state index contributed by atoms with van der Waals surface area (Å²) in [7, 11) is 0. The molecule has 5 heteroatoms. The SMILES string of the molecule is O=C(NC(Cc1cccc2ccccc12)C(=O)O)c1ccncc1. The lowest BCUT2D eigenvalue weighted by Crippen LogP contribution is -2.42. The monoisotopic (exact) mass is 320 g/mol. The number of nitrogens with one attached hydrogen (secondary N) is 1. The second kappa shape index (κ2) is 6.91. The molecule has 2 aromatic carbocycles. The standard InChI is InChI=1S/C19H16N2O3/c22-18(14-8-10-20-11-9-14)21-17(19(23)24)12-15-6-3-5-13-4-1-2-7-16(13)15/h1-11,17H,12H2,(H,21,22)(H,23,24). The number of nitrogens with zero attached hydrogens (tertiary/aromatic N) is 1. The van der Waals surface area contributed by atoms with Crippen LogP contribution >= 0.6 is 0 Å². The summed E-state index contributed by atoms with van der Waals surface area (Å²) < 4.78 is 0. The number of carbonyl (C=O) groups is 2. The van der Waals surface area contributed by atoms with Crippen molar-refractivity contribution in [3.63, 3.8) is 0 Å². The van der Waals surface area contributed by atoms with E-state index in [1.54, 1.807) is 12.1 Å². The van der Waals surface area contributed by atoms with E-state index in [-0.39, 0.29) is 6.42 Å². The van der Waals surface area contributed by atoms with Gasteiger partial charge in [-0.2, -0.15) is 0 Å². The molecule has 2 N–H and O–H groups in total. The maximum Gasteiger partial charge on any atom is 0.326 e. The van der Waals surface area contributed by atoms with Crippen molar-refractivity contribution in [3.05, 3.63) is 78.1 Å². The fourth-order valence-electron chi connectivity index (χ4n) is 2.64. The highest BCUT2D eigenvalue weighted by molar-refractivity contribution is 5.96. The molecule has 1 unspecified atom stereocenters. The first kappa shape index (κ1) is 15.7. The van der Waals surface area contributed by atoms with Gasteiger partial charge in [-0.3, -0.25) is 9.78 Å². The van der Waals surface area contributed by atoms with Gasteiger partial charge in [0.05, 0.1) is 0 Å². The van der Waals surface area contributed by atoms with Crippen molar-refractivity contribution in [2.45, 2.75) is 12.5 Å². The second-order valence-electron chi connectivity index (χ2n) is 5.44. The third kappa shape index (κ3) is 3.41. The molecule has 1 amide bonds. The van der Waals surface area contributed by atoms with Crippen LogP contribution in [0.2, 0.25) is 0 Å². The van der Waals surface area contributed by atoms with Crippen LogP contribution in [0.25, 0.3) is 10.8 Å². The molecule has 0 aliphatic rings. The van der Waals surface area contributed by atoms with Gasteiger partial charge >= 0.3 is 5.97 Å². The minimum atomic E-state index is -1.06. The number of carbonyl (C=O) groups excluding carboxylic acids is 1. The average molecular weight is 320 g/mol. The molecule has 5 nitrogen and oxygen atoms in total. The molecule has 120 valence electrons. The number of hydrogen-bond donors (Lipinski definition) is 2. The van der Waals surface area contributed by atoms with Crippen molar-refractivity contribution < 1.29 is 14.7 Å². The van der Waals surface area contributed by atoms with Crippen LogP contribution in [0.1, 0.15) is 15.9 Å². The van der Waals surface area contributed by atoms with Crippen molar-refractivity contribution in [2.75, 3.05) is 0 Å². The molecule has 0 bridgehead atoms. The van der Waals surface area contributed by atoms with Gasteiger partial charge in [0.2, 0.25) is 0 Å². The second-order valence-corrected chi connectivity index (χ2v) is 5.44. The Morgan fingerprint density at radius 3 is 2.46 bits per heavy atom. The van der Waals surface area contributed by atoms with Crippen LogP contribution in [-0.4, -0.2) is 28.0 Å². The summed E-state index contributed by atoms with van der Waals surface area (Å²) in [6.45, 7) is 0. The Bertz CT molecular complexity index is 873. The summed E-state index contributed by atoms with van der Waals surface area (Å²) in [6, 6.07) is 15.6. The summed E-state index contributed by atoms with van der Waals surface area (Å²) in [5.41, 5.74) is 1.27. The van der Waals surface area contributed by atoms with Gasteiger partial charge in [-0.1, -0.05) is 42.5 Å². The van der Waals surface area contributed by atoms with E-state index in [0.29, 0.717) is 5.56 Å². The van der Waals surface area contributed by atoms with E-state index in [0.717, 1.165) is 16.3 Å². The van der Waals surface area contributed by atoms with Gasteiger partial charge < -0.3 is 10.4 Å². The lowest BCUT2D eigenvalue weighted by Gasteiger charge is -2.16. The van der Waals surface area contributed by atoms with Crippen molar-refractivity contribution in [1.29, 1.82) is 0 Å². The minimum Gasteiger partial charge on any atom is -0.480 e. The summed E-state index contributed by atoms with van der Waals surface area (Å²) >= 11 is 0. The van der Waals surface area contributed by atoms with Crippen LogP contribution in [0, 0.1) is 0 Å². The minimum absolute atomic E-state index is 0.216. The van der Waals surface area contributed by atoms with Crippen LogP contribution in [0.4, 0.5) is 0 Å². The Morgan fingerprint density at radius 2 is 1.71 bits per heavy atom. The number of fused-ring (bicyclic) bond motifs is 1. The molecule has 0 aliphatic heterocycles. The van der Waals surface area contributed by atoms with Crippen molar-refractivity contribution in [1.82, 2.24) is 10.3 Å². The van der Waals surface area contributed by atoms with E-state index in [4.69, 9.17) is 0 Å². The highest BCUT2D eigenvalue weighted by Crippen LogP contribution is 2.20. The summed E-state index contributed by atoms with van der Waals surface area (Å²) in [4.78, 5) is 27.6. The third-order valence-electron chi connectivity index (χ3n) is 3.85. The van der Waals surface area contributed by atoms with E-state index in [1.165, 1.54) is 12.4 Å². The first-order valence-corrected chi connectivity index (χ1v) is 7.55. The normalized spacial score (nSPS) is 11.8. The lowest BCUT2D eigenvalue weighted by molar-refractivity contribution is -0.139. The molecular formula is C19H16N2O3. The van der Waals surface area contributed by atoms with E-state index in [9.17, 15) is 14.7 Å². The van der Waals surface area contributed by atoms with E-state index in [1.807, 2.05) is 42.5 Å². The molecule has 3 rings (SSSR count). The largest absolute Gasteiger partial charge is 0.480 e. The van der Waals surface area contributed by atoms with Crippen molar-refractivity contribution >= 4 is 22.6 Å². The van der Waals surface area contributed by atoms with Gasteiger partial charge in [0.25, 0.3) is 5.91 Å². The lowest BCUT2D eigenvalue weighted by atomic mass is 9.98. The predicted molar refractivity (Wildman–Crippen MR) is 90.8 cm³/mol. The van der Waals surface area contributed by atoms with Crippen LogP contribution < -0.4 is 5.32 Å². The summed E-state index contributed by atoms with van der Waals surface area (Å²) in [6.07, 6.45) is 3.21. The van der Waals surface area contributed by atoms with E-state index < -0.39 is 17.9 Å². The van der Waals surface area contributed by atoms with Gasteiger partial charge in [0.1, 0.15) is 6.04 Å². The number of amides is 1. The van der Waals surface area contributed by atoms with Crippen molar-refractivity contribution in [3.8, 4) is 0 Å². The fourth-order valence-corrected chi connectivity index (χ4v) is 2.64. The first-order chi connectivity index (χ1) is 11.6. The molecule has 24 heavy (non-hydrogen) atoms. The van der Waals surface area contributed by atoms with E-state index >= 15 is 0 Å². The van der Waals surface area contributed by atoms with Crippen LogP contribution in [0.5, 0.6) is 0 Å². The number of hydrogen-bond acceptors (Lipinski definition) is 3. The van der Waals surface area contributed by atoms with Gasteiger partial charge in [-0.25, -0.2) is 4.79 Å². The predicted octanol–water partition coefficient (Wildman–Crippen LogP) is 2.66. The molecule has 0 spiro atoms. The molecule has 1 atom stereocenters. The molecular weight excluding hydrogens is 304 g/mol. The van der Waals surface area contributed by atoms with Gasteiger partial charge in [-0.15, -0.1) is 0 Å². The smallest absolute Gasteiger partial charge is 0.326 e. The number of aromatic nitrogens is 1. The number of benzene rings is 2. The molecule has 1 aromatic heterocycles. The quantitative estimate of drug-likeness (QED) is 0.757. The number of carboxylic acid groups (broad SMARTS) is 1. The Labute approximate surface area is 139 Å².